The number of rotatable bonds is 3. The van der Waals surface area contributed by atoms with Crippen molar-refractivity contribution in [2.75, 3.05) is 7.11 Å². The highest BCUT2D eigenvalue weighted by molar-refractivity contribution is 7.89. The standard InChI is InChI=1S/C20H18N2O4S/c1-12-7-9-13(10-8-12)27(24,25)22-16-11-21-15-6-4-3-5-14(15)17(20(23)26-2)19(21)18(16)22/h3-10,16,18H,11H2,1-2H3/t16-,18-,22?/m0/s1. The highest BCUT2D eigenvalue weighted by Gasteiger charge is 2.62. The van der Waals surface area contributed by atoms with E-state index in [1.54, 1.807) is 24.3 Å². The number of para-hydroxylation sites is 1. The molecule has 3 aromatic rings. The summed E-state index contributed by atoms with van der Waals surface area (Å²) in [5.74, 6) is -0.430. The molecule has 3 atom stereocenters. The summed E-state index contributed by atoms with van der Waals surface area (Å²) in [6.07, 6.45) is 0. The maximum Gasteiger partial charge on any atom is 0.340 e. The molecule has 2 aliphatic rings. The molecule has 1 unspecified atom stereocenters. The van der Waals surface area contributed by atoms with E-state index in [2.05, 4.69) is 4.57 Å². The molecule has 138 valence electrons. The molecule has 0 N–H and O–H groups in total. The molecule has 0 amide bonds. The van der Waals surface area contributed by atoms with Crippen LogP contribution in [0.15, 0.2) is 53.4 Å². The van der Waals surface area contributed by atoms with Crippen LogP contribution in [0.3, 0.4) is 0 Å². The van der Waals surface area contributed by atoms with Crippen LogP contribution in [0, 0.1) is 6.92 Å². The van der Waals surface area contributed by atoms with Gasteiger partial charge in [0.2, 0.25) is 10.0 Å². The fourth-order valence-electron chi connectivity index (χ4n) is 4.23. The minimum atomic E-state index is -3.60. The number of benzene rings is 2. The number of hydrogen-bond acceptors (Lipinski definition) is 4. The number of sulfonamides is 1. The second-order valence-electron chi connectivity index (χ2n) is 7.04. The van der Waals surface area contributed by atoms with Gasteiger partial charge in [0.1, 0.15) is 0 Å². The molecule has 0 radical (unpaired) electrons. The predicted octanol–water partition coefficient (Wildman–Crippen LogP) is 2.86. The third-order valence-corrected chi connectivity index (χ3v) is 7.44. The number of nitrogens with zero attached hydrogens (tertiary/aromatic N) is 2. The Hall–Kier alpha value is -2.64. The molecule has 27 heavy (non-hydrogen) atoms. The Kier molecular flexibility index (Phi) is 3.33. The first kappa shape index (κ1) is 16.5. The van der Waals surface area contributed by atoms with Gasteiger partial charge in [-0.15, -0.1) is 0 Å². The second-order valence-corrected chi connectivity index (χ2v) is 8.88. The first-order chi connectivity index (χ1) is 12.9. The quantitative estimate of drug-likeness (QED) is 0.516. The molecule has 5 rings (SSSR count). The lowest BCUT2D eigenvalue weighted by atomic mass is 10.1. The van der Waals surface area contributed by atoms with Crippen LogP contribution in [0.2, 0.25) is 0 Å². The summed E-state index contributed by atoms with van der Waals surface area (Å²) in [5.41, 5.74) is 3.16. The summed E-state index contributed by atoms with van der Waals surface area (Å²) in [4.78, 5) is 12.8. The summed E-state index contributed by atoms with van der Waals surface area (Å²) in [6, 6.07) is 14.0. The fourth-order valence-corrected chi connectivity index (χ4v) is 5.98. The van der Waals surface area contributed by atoms with Crippen LogP contribution < -0.4 is 0 Å². The zero-order chi connectivity index (χ0) is 18.9. The lowest BCUT2D eigenvalue weighted by molar-refractivity contribution is 0.0601. The molecule has 7 heteroatoms. The first-order valence-electron chi connectivity index (χ1n) is 8.75. The van der Waals surface area contributed by atoms with E-state index < -0.39 is 16.0 Å². The average Bonchev–Trinajstić information content (AvgIpc) is 3.12. The van der Waals surface area contributed by atoms with E-state index in [9.17, 15) is 13.2 Å². The molecule has 1 aromatic heterocycles. The molecule has 0 aliphatic carbocycles. The van der Waals surface area contributed by atoms with Gasteiger partial charge in [0, 0.05) is 17.4 Å². The van der Waals surface area contributed by atoms with E-state index in [-0.39, 0.29) is 17.0 Å². The van der Waals surface area contributed by atoms with Gasteiger partial charge in [0.05, 0.1) is 35.3 Å². The molecule has 0 bridgehead atoms. The molecule has 0 spiro atoms. The van der Waals surface area contributed by atoms with Crippen molar-refractivity contribution in [3.63, 3.8) is 0 Å². The maximum atomic E-state index is 13.1. The number of fused-ring (bicyclic) bond motifs is 5. The molecule has 2 aromatic carbocycles. The third kappa shape index (κ3) is 2.15. The lowest BCUT2D eigenvalue weighted by Gasteiger charge is -2.13. The monoisotopic (exact) mass is 382 g/mol. The van der Waals surface area contributed by atoms with Crippen LogP contribution in [-0.2, 0) is 21.3 Å². The lowest BCUT2D eigenvalue weighted by Crippen LogP contribution is -2.20. The number of ether oxygens (including phenoxy) is 1. The van der Waals surface area contributed by atoms with Gasteiger partial charge in [-0.3, -0.25) is 0 Å². The summed E-state index contributed by atoms with van der Waals surface area (Å²) < 4.78 is 34.8. The minimum Gasteiger partial charge on any atom is -0.465 e. The average molecular weight is 382 g/mol. The molecule has 6 nitrogen and oxygen atoms in total. The summed E-state index contributed by atoms with van der Waals surface area (Å²) >= 11 is 0. The van der Waals surface area contributed by atoms with Crippen LogP contribution >= 0.6 is 0 Å². The number of esters is 1. The van der Waals surface area contributed by atoms with Crippen molar-refractivity contribution >= 4 is 26.9 Å². The first-order valence-corrected chi connectivity index (χ1v) is 10.2. The third-order valence-electron chi connectivity index (χ3n) is 5.52. The Morgan fingerprint density at radius 3 is 2.52 bits per heavy atom. The van der Waals surface area contributed by atoms with Gasteiger partial charge in [-0.25, -0.2) is 13.2 Å². The number of carbonyl (C=O) groups excluding carboxylic acids is 1. The van der Waals surface area contributed by atoms with Gasteiger partial charge >= 0.3 is 5.97 Å². The number of aromatic nitrogens is 1. The normalized spacial score (nSPS) is 23.1. The topological polar surface area (TPSA) is 68.4 Å². The van der Waals surface area contributed by atoms with Crippen molar-refractivity contribution < 1.29 is 17.9 Å². The Labute approximate surface area is 157 Å². The molecule has 1 saturated heterocycles. The van der Waals surface area contributed by atoms with Gasteiger partial charge in [0.25, 0.3) is 0 Å². The van der Waals surface area contributed by atoms with Crippen LogP contribution in [0.1, 0.15) is 27.7 Å². The second kappa shape index (κ2) is 5.43. The molecule has 2 aliphatic heterocycles. The molecule has 1 fully saturated rings. The highest BCUT2D eigenvalue weighted by Crippen LogP contribution is 2.55. The number of methoxy groups -OCH3 is 1. The number of aryl methyl sites for hydroxylation is 1. The smallest absolute Gasteiger partial charge is 0.340 e. The molecule has 0 saturated carbocycles. The van der Waals surface area contributed by atoms with Crippen LogP contribution in [0.25, 0.3) is 10.9 Å². The van der Waals surface area contributed by atoms with Gasteiger partial charge < -0.3 is 9.30 Å². The van der Waals surface area contributed by atoms with Gasteiger partial charge in [-0.2, -0.15) is 4.31 Å². The number of hydrogen-bond donors (Lipinski definition) is 0. The molecular formula is C20H18N2O4S. The van der Waals surface area contributed by atoms with E-state index in [0.29, 0.717) is 12.1 Å². The van der Waals surface area contributed by atoms with Crippen molar-refractivity contribution in [2.45, 2.75) is 30.4 Å². The van der Waals surface area contributed by atoms with Crippen molar-refractivity contribution in [1.29, 1.82) is 0 Å². The SMILES string of the molecule is COC(=O)c1c2n(c3ccccc13)C[C@H]1[C@@H]2N1S(=O)(=O)c1ccc(C)cc1. The zero-order valence-electron chi connectivity index (χ0n) is 14.9. The van der Waals surface area contributed by atoms with Gasteiger partial charge in [-0.05, 0) is 25.1 Å². The van der Waals surface area contributed by atoms with E-state index >= 15 is 0 Å². The Bertz CT molecular complexity index is 1190. The Morgan fingerprint density at radius 2 is 1.81 bits per heavy atom. The van der Waals surface area contributed by atoms with Crippen molar-refractivity contribution in [3.05, 3.63) is 65.4 Å². The summed E-state index contributed by atoms with van der Waals surface area (Å²) in [5, 5.41) is 0.803. The van der Waals surface area contributed by atoms with Crippen molar-refractivity contribution in [1.82, 2.24) is 8.87 Å². The summed E-state index contributed by atoms with van der Waals surface area (Å²) in [7, 11) is -2.25. The van der Waals surface area contributed by atoms with Gasteiger partial charge in [-0.1, -0.05) is 35.9 Å². The predicted molar refractivity (Wildman–Crippen MR) is 100 cm³/mol. The molecule has 3 heterocycles. The minimum absolute atomic E-state index is 0.153. The largest absolute Gasteiger partial charge is 0.465 e. The maximum absolute atomic E-state index is 13.1. The summed E-state index contributed by atoms with van der Waals surface area (Å²) in [6.45, 7) is 2.46. The highest BCUT2D eigenvalue weighted by atomic mass is 32.2. The number of carbonyl (C=O) groups is 1. The van der Waals surface area contributed by atoms with Crippen LogP contribution in [0.4, 0.5) is 0 Å². The van der Waals surface area contributed by atoms with E-state index in [1.165, 1.54) is 11.4 Å². The van der Waals surface area contributed by atoms with Crippen molar-refractivity contribution in [3.8, 4) is 0 Å². The van der Waals surface area contributed by atoms with E-state index in [0.717, 1.165) is 22.2 Å². The Morgan fingerprint density at radius 1 is 1.11 bits per heavy atom. The van der Waals surface area contributed by atoms with E-state index in [4.69, 9.17) is 4.74 Å². The van der Waals surface area contributed by atoms with Crippen LogP contribution in [-0.4, -0.2) is 36.4 Å². The van der Waals surface area contributed by atoms with Crippen molar-refractivity contribution in [2.24, 2.45) is 0 Å². The Balaban J connectivity index is 1.63. The zero-order valence-corrected chi connectivity index (χ0v) is 15.7. The van der Waals surface area contributed by atoms with E-state index in [1.807, 2.05) is 31.2 Å². The van der Waals surface area contributed by atoms with Gasteiger partial charge in [0.15, 0.2) is 0 Å². The van der Waals surface area contributed by atoms with Crippen LogP contribution in [0.5, 0.6) is 0 Å². The molecular weight excluding hydrogens is 364 g/mol. The fraction of sp³-hybridized carbons (Fsp3) is 0.250.